The first kappa shape index (κ1) is 22.3. The largest absolute Gasteiger partial charge is 0.444 e. The Bertz CT molecular complexity index is 503. The molecule has 1 amide bonds. The molecule has 0 bridgehead atoms. The standard InChI is InChI=1S/C16H30N4O6/c1-16(2,3)26-15(22)17-4-7-23-10-11-24-8-5-20-12-14(18-19-20)13-25-9-6-21/h12,21H,4-11,13H2,1-3H3,(H,17,22). The van der Waals surface area contributed by atoms with Crippen LogP contribution in [0.5, 0.6) is 0 Å². The van der Waals surface area contributed by atoms with Gasteiger partial charge in [-0.25, -0.2) is 9.48 Å². The van der Waals surface area contributed by atoms with Gasteiger partial charge in [-0.1, -0.05) is 5.21 Å². The zero-order valence-corrected chi connectivity index (χ0v) is 15.8. The molecular weight excluding hydrogens is 344 g/mol. The predicted molar refractivity (Wildman–Crippen MR) is 92.6 cm³/mol. The minimum atomic E-state index is -0.504. The van der Waals surface area contributed by atoms with E-state index in [1.807, 2.05) is 20.8 Å². The van der Waals surface area contributed by atoms with Crippen LogP contribution in [0.15, 0.2) is 6.20 Å². The topological polar surface area (TPSA) is 117 Å². The maximum Gasteiger partial charge on any atom is 0.407 e. The second kappa shape index (κ2) is 12.6. The second-order valence-electron chi connectivity index (χ2n) is 6.40. The lowest BCUT2D eigenvalue weighted by atomic mass is 10.2. The molecule has 0 aliphatic heterocycles. The van der Waals surface area contributed by atoms with Gasteiger partial charge in [0, 0.05) is 6.54 Å². The maximum atomic E-state index is 11.4. The van der Waals surface area contributed by atoms with E-state index in [1.54, 1.807) is 10.9 Å². The van der Waals surface area contributed by atoms with Gasteiger partial charge < -0.3 is 29.4 Å². The molecule has 0 saturated carbocycles. The van der Waals surface area contributed by atoms with E-state index in [9.17, 15) is 4.79 Å². The number of hydrogen-bond acceptors (Lipinski definition) is 8. The van der Waals surface area contributed by atoms with E-state index in [2.05, 4.69) is 15.6 Å². The molecule has 2 N–H and O–H groups in total. The first-order chi connectivity index (χ1) is 12.4. The molecule has 1 heterocycles. The van der Waals surface area contributed by atoms with Crippen molar-refractivity contribution in [1.82, 2.24) is 20.3 Å². The monoisotopic (exact) mass is 374 g/mol. The summed E-state index contributed by atoms with van der Waals surface area (Å²) < 4.78 is 22.7. The van der Waals surface area contributed by atoms with Crippen LogP contribution >= 0.6 is 0 Å². The molecule has 0 unspecified atom stereocenters. The van der Waals surface area contributed by atoms with E-state index < -0.39 is 11.7 Å². The van der Waals surface area contributed by atoms with Gasteiger partial charge in [-0.15, -0.1) is 5.10 Å². The van der Waals surface area contributed by atoms with E-state index in [0.717, 1.165) is 0 Å². The molecule has 1 rings (SSSR count). The number of carbonyl (C=O) groups excluding carboxylic acids is 1. The van der Waals surface area contributed by atoms with Crippen molar-refractivity contribution in [3.8, 4) is 0 Å². The van der Waals surface area contributed by atoms with Gasteiger partial charge in [-0.3, -0.25) is 0 Å². The summed E-state index contributed by atoms with van der Waals surface area (Å²) in [7, 11) is 0. The highest BCUT2D eigenvalue weighted by Crippen LogP contribution is 2.06. The van der Waals surface area contributed by atoms with E-state index >= 15 is 0 Å². The average molecular weight is 374 g/mol. The molecule has 10 heteroatoms. The number of nitrogens with zero attached hydrogens (tertiary/aromatic N) is 3. The Hall–Kier alpha value is -1.75. The van der Waals surface area contributed by atoms with E-state index in [1.165, 1.54) is 0 Å². The lowest BCUT2D eigenvalue weighted by molar-refractivity contribution is 0.0377. The van der Waals surface area contributed by atoms with Crippen LogP contribution in [0.3, 0.4) is 0 Å². The first-order valence-electron chi connectivity index (χ1n) is 8.60. The molecule has 0 aliphatic carbocycles. The van der Waals surface area contributed by atoms with Gasteiger partial charge >= 0.3 is 6.09 Å². The van der Waals surface area contributed by atoms with Crippen LogP contribution in [0.25, 0.3) is 0 Å². The number of aliphatic hydroxyl groups is 1. The number of carbonyl (C=O) groups is 1. The van der Waals surface area contributed by atoms with Crippen LogP contribution in [0.2, 0.25) is 0 Å². The van der Waals surface area contributed by atoms with Crippen molar-refractivity contribution in [2.24, 2.45) is 0 Å². The fraction of sp³-hybridized carbons (Fsp3) is 0.812. The van der Waals surface area contributed by atoms with Crippen LogP contribution in [-0.2, 0) is 32.1 Å². The lowest BCUT2D eigenvalue weighted by Gasteiger charge is -2.19. The summed E-state index contributed by atoms with van der Waals surface area (Å²) in [4.78, 5) is 11.4. The number of hydrogen-bond donors (Lipinski definition) is 2. The Balaban J connectivity index is 1.94. The van der Waals surface area contributed by atoms with Crippen LogP contribution < -0.4 is 5.32 Å². The Labute approximate surface area is 153 Å². The molecule has 0 radical (unpaired) electrons. The molecule has 0 aliphatic rings. The summed E-state index contributed by atoms with van der Waals surface area (Å²) in [5, 5.41) is 19.2. The average Bonchev–Trinajstić information content (AvgIpc) is 2.99. The van der Waals surface area contributed by atoms with Gasteiger partial charge in [0.2, 0.25) is 0 Å². The van der Waals surface area contributed by atoms with Gasteiger partial charge in [-0.2, -0.15) is 0 Å². The summed E-state index contributed by atoms with van der Waals surface area (Å²) in [6.07, 6.45) is 1.32. The van der Waals surface area contributed by atoms with Gasteiger partial charge in [0.25, 0.3) is 0 Å². The first-order valence-corrected chi connectivity index (χ1v) is 8.60. The third kappa shape index (κ3) is 11.7. The number of alkyl carbamates (subject to hydrolysis) is 1. The van der Waals surface area contributed by atoms with E-state index in [4.69, 9.17) is 24.1 Å². The number of amides is 1. The normalized spacial score (nSPS) is 11.5. The molecule has 0 atom stereocenters. The second-order valence-corrected chi connectivity index (χ2v) is 6.40. The quantitative estimate of drug-likeness (QED) is 0.475. The van der Waals surface area contributed by atoms with Crippen LogP contribution in [-0.4, -0.2) is 78.0 Å². The minimum Gasteiger partial charge on any atom is -0.444 e. The Morgan fingerprint density at radius 3 is 2.58 bits per heavy atom. The van der Waals surface area contributed by atoms with Crippen molar-refractivity contribution in [2.45, 2.75) is 39.5 Å². The number of aromatic nitrogens is 3. The summed E-state index contributed by atoms with van der Waals surface area (Å²) in [5.74, 6) is 0. The van der Waals surface area contributed by atoms with Crippen molar-refractivity contribution in [3.63, 3.8) is 0 Å². The minimum absolute atomic E-state index is 0.0128. The third-order valence-corrected chi connectivity index (χ3v) is 2.82. The van der Waals surface area contributed by atoms with Gasteiger partial charge in [0.1, 0.15) is 11.3 Å². The number of aliphatic hydroxyl groups excluding tert-OH is 1. The molecule has 1 aromatic rings. The van der Waals surface area contributed by atoms with Crippen molar-refractivity contribution >= 4 is 6.09 Å². The summed E-state index contributed by atoms with van der Waals surface area (Å²) in [6.45, 7) is 8.76. The molecule has 0 aromatic carbocycles. The Kier molecular flexibility index (Phi) is 10.8. The zero-order valence-electron chi connectivity index (χ0n) is 15.8. The van der Waals surface area contributed by atoms with E-state index in [0.29, 0.717) is 51.8 Å². The van der Waals surface area contributed by atoms with Crippen LogP contribution in [0, 0.1) is 0 Å². The number of nitrogens with one attached hydrogen (secondary N) is 1. The number of ether oxygens (including phenoxy) is 4. The smallest absolute Gasteiger partial charge is 0.407 e. The van der Waals surface area contributed by atoms with Crippen LogP contribution in [0.4, 0.5) is 4.79 Å². The molecule has 26 heavy (non-hydrogen) atoms. The SMILES string of the molecule is CC(C)(C)OC(=O)NCCOCCOCCn1cc(COCCO)nn1. The zero-order chi connectivity index (χ0) is 19.3. The highest BCUT2D eigenvalue weighted by molar-refractivity contribution is 5.67. The van der Waals surface area contributed by atoms with Crippen molar-refractivity contribution < 1.29 is 28.8 Å². The highest BCUT2D eigenvalue weighted by Gasteiger charge is 2.15. The maximum absolute atomic E-state index is 11.4. The van der Waals surface area contributed by atoms with Gasteiger partial charge in [-0.05, 0) is 20.8 Å². The Morgan fingerprint density at radius 1 is 1.15 bits per heavy atom. The summed E-state index contributed by atoms with van der Waals surface area (Å²) >= 11 is 0. The van der Waals surface area contributed by atoms with Crippen molar-refractivity contribution in [2.75, 3.05) is 46.2 Å². The molecule has 10 nitrogen and oxygen atoms in total. The van der Waals surface area contributed by atoms with E-state index in [-0.39, 0.29) is 13.2 Å². The number of rotatable bonds is 13. The van der Waals surface area contributed by atoms with Crippen molar-refractivity contribution in [1.29, 1.82) is 0 Å². The van der Waals surface area contributed by atoms with Crippen molar-refractivity contribution in [3.05, 3.63) is 11.9 Å². The molecule has 0 fully saturated rings. The molecular formula is C16H30N4O6. The molecule has 0 saturated heterocycles. The highest BCUT2D eigenvalue weighted by atomic mass is 16.6. The summed E-state index contributed by atoms with van der Waals surface area (Å²) in [6, 6.07) is 0. The molecule has 1 aromatic heterocycles. The molecule has 0 spiro atoms. The predicted octanol–water partition coefficient (Wildman–Crippen LogP) is 0.345. The lowest BCUT2D eigenvalue weighted by Crippen LogP contribution is -2.34. The van der Waals surface area contributed by atoms with Gasteiger partial charge in [0.15, 0.2) is 0 Å². The fourth-order valence-corrected chi connectivity index (χ4v) is 1.77. The van der Waals surface area contributed by atoms with Gasteiger partial charge in [0.05, 0.1) is 59.0 Å². The fourth-order valence-electron chi connectivity index (χ4n) is 1.77. The summed E-state index contributed by atoms with van der Waals surface area (Å²) in [5.41, 5.74) is 0.204. The molecule has 150 valence electrons. The van der Waals surface area contributed by atoms with Crippen LogP contribution in [0.1, 0.15) is 26.5 Å². The third-order valence-electron chi connectivity index (χ3n) is 2.82. The Morgan fingerprint density at radius 2 is 1.88 bits per heavy atom.